The maximum absolute atomic E-state index is 8.61. The molecular weight excluding hydrogens is 144 g/mol. The van der Waals surface area contributed by atoms with Crippen molar-refractivity contribution in [3.8, 4) is 0 Å². The molecule has 0 aliphatic rings. The smallest absolute Gasteiger partial charge is 0.127 e. The van der Waals surface area contributed by atoms with Gasteiger partial charge in [-0.1, -0.05) is 0 Å². The number of hydrogen-bond acceptors (Lipinski definition) is 3. The Balaban J connectivity index is 3.82. The molecule has 0 heterocycles. The van der Waals surface area contributed by atoms with Crippen molar-refractivity contribution >= 4 is 11.6 Å². The lowest BCUT2D eigenvalue weighted by Crippen LogP contribution is -2.41. The number of hydrogen-bond donors (Lipinski definition) is 2. The zero-order chi connectivity index (χ0) is 7.33. The van der Waals surface area contributed by atoms with Crippen molar-refractivity contribution in [2.75, 3.05) is 26.2 Å². The summed E-state index contributed by atoms with van der Waals surface area (Å²) in [7, 11) is 1.40. The van der Waals surface area contributed by atoms with Crippen LogP contribution in [0.3, 0.4) is 0 Å². The van der Waals surface area contributed by atoms with E-state index in [0.29, 0.717) is 0 Å². The number of halogens is 1. The summed E-state index contributed by atoms with van der Waals surface area (Å²) in [6.45, 7) is -0.521. The first-order valence-corrected chi connectivity index (χ1v) is 3.11. The average molecular weight is 155 g/mol. The molecule has 0 fully saturated rings. The third-order valence-electron chi connectivity index (χ3n) is 1.25. The second-order valence-electron chi connectivity index (χ2n) is 1.84. The fraction of sp³-hybridized carbons (Fsp3) is 1.00. The predicted octanol–water partition coefficient (Wildman–Crippen LogP) is -0.405. The van der Waals surface area contributed by atoms with E-state index in [4.69, 9.17) is 26.6 Å². The van der Waals surface area contributed by atoms with Crippen LogP contribution in [0.2, 0.25) is 0 Å². The molecule has 0 aromatic carbocycles. The molecule has 0 aromatic rings. The summed E-state index contributed by atoms with van der Waals surface area (Å²) < 4.78 is 4.75. The minimum atomic E-state index is -0.957. The Labute approximate surface area is 59.2 Å². The second-order valence-corrected chi connectivity index (χ2v) is 2.10. The number of rotatable bonds is 4. The fourth-order valence-electron chi connectivity index (χ4n) is 0.318. The van der Waals surface area contributed by atoms with E-state index in [9.17, 15) is 0 Å². The van der Waals surface area contributed by atoms with Crippen molar-refractivity contribution in [1.29, 1.82) is 0 Å². The lowest BCUT2D eigenvalue weighted by atomic mass is 10.1. The van der Waals surface area contributed by atoms with Crippen LogP contribution in [-0.4, -0.2) is 42.0 Å². The van der Waals surface area contributed by atoms with Crippen molar-refractivity contribution in [2.24, 2.45) is 0 Å². The van der Waals surface area contributed by atoms with Gasteiger partial charge in [0, 0.05) is 7.11 Å². The number of methoxy groups -OCH3 is 1. The summed E-state index contributed by atoms with van der Waals surface area (Å²) in [5.74, 6) is 0.0938. The van der Waals surface area contributed by atoms with Crippen LogP contribution in [0.5, 0.6) is 0 Å². The molecule has 0 saturated carbocycles. The number of alkyl halides is 1. The van der Waals surface area contributed by atoms with Crippen LogP contribution < -0.4 is 0 Å². The maximum atomic E-state index is 8.61. The molecule has 0 amide bonds. The monoisotopic (exact) mass is 154 g/mol. The van der Waals surface area contributed by atoms with Gasteiger partial charge in [0.15, 0.2) is 0 Å². The van der Waals surface area contributed by atoms with Gasteiger partial charge in [0.1, 0.15) is 5.60 Å². The lowest BCUT2D eigenvalue weighted by Gasteiger charge is -2.24. The van der Waals surface area contributed by atoms with Gasteiger partial charge in [0.25, 0.3) is 0 Å². The Bertz CT molecular complexity index is 55.1. The van der Waals surface area contributed by atoms with E-state index in [1.165, 1.54) is 7.11 Å². The zero-order valence-corrected chi connectivity index (χ0v) is 6.06. The first-order valence-electron chi connectivity index (χ1n) is 2.57. The topological polar surface area (TPSA) is 49.7 Å². The molecule has 4 heteroatoms. The van der Waals surface area contributed by atoms with Crippen molar-refractivity contribution in [3.63, 3.8) is 0 Å². The van der Waals surface area contributed by atoms with Gasteiger partial charge >= 0.3 is 0 Å². The third-order valence-corrected chi connectivity index (χ3v) is 1.74. The molecule has 9 heavy (non-hydrogen) atoms. The predicted molar refractivity (Wildman–Crippen MR) is 34.6 cm³/mol. The van der Waals surface area contributed by atoms with Crippen LogP contribution in [0.1, 0.15) is 0 Å². The van der Waals surface area contributed by atoms with Crippen LogP contribution in [0.15, 0.2) is 0 Å². The molecule has 3 nitrogen and oxygen atoms in total. The molecule has 0 aromatic heterocycles. The average Bonchev–Trinajstić information content (AvgIpc) is 1.95. The van der Waals surface area contributed by atoms with Crippen LogP contribution in [0.4, 0.5) is 0 Å². The molecule has 2 N–H and O–H groups in total. The third kappa shape index (κ3) is 2.10. The Morgan fingerprint density at radius 1 is 1.44 bits per heavy atom. The van der Waals surface area contributed by atoms with Crippen molar-refractivity contribution < 1.29 is 14.9 Å². The molecule has 0 aliphatic heterocycles. The van der Waals surface area contributed by atoms with E-state index in [-0.39, 0.29) is 19.1 Å². The fourth-order valence-corrected chi connectivity index (χ4v) is 0.596. The quantitative estimate of drug-likeness (QED) is 0.542. The van der Waals surface area contributed by atoms with E-state index < -0.39 is 5.60 Å². The molecule has 0 unspecified atom stereocenters. The highest BCUT2D eigenvalue weighted by Crippen LogP contribution is 2.09. The molecular formula is C5H11ClO3. The standard InChI is InChI=1S/C5H11ClO3/c1-9-5(2-6,3-7)4-8/h7-8H,2-4H2,1H3. The highest BCUT2D eigenvalue weighted by molar-refractivity contribution is 6.18. The summed E-state index contributed by atoms with van der Waals surface area (Å²) in [5.41, 5.74) is -0.957. The van der Waals surface area contributed by atoms with Crippen LogP contribution in [0.25, 0.3) is 0 Å². The van der Waals surface area contributed by atoms with Gasteiger partial charge in [-0.2, -0.15) is 0 Å². The van der Waals surface area contributed by atoms with E-state index in [0.717, 1.165) is 0 Å². The van der Waals surface area contributed by atoms with Gasteiger partial charge in [-0.15, -0.1) is 11.6 Å². The van der Waals surface area contributed by atoms with E-state index in [1.54, 1.807) is 0 Å². The van der Waals surface area contributed by atoms with Crippen molar-refractivity contribution in [1.82, 2.24) is 0 Å². The minimum Gasteiger partial charge on any atom is -0.393 e. The summed E-state index contributed by atoms with van der Waals surface area (Å²) in [6, 6.07) is 0. The maximum Gasteiger partial charge on any atom is 0.127 e. The second kappa shape index (κ2) is 4.06. The Morgan fingerprint density at radius 3 is 1.89 bits per heavy atom. The normalized spacial score (nSPS) is 12.0. The van der Waals surface area contributed by atoms with Gasteiger partial charge in [-0.3, -0.25) is 0 Å². The van der Waals surface area contributed by atoms with Gasteiger partial charge < -0.3 is 14.9 Å². The molecule has 56 valence electrons. The number of aliphatic hydroxyl groups excluding tert-OH is 2. The van der Waals surface area contributed by atoms with Gasteiger partial charge in [-0.25, -0.2) is 0 Å². The first kappa shape index (κ1) is 9.17. The summed E-state index contributed by atoms with van der Waals surface area (Å²) in [4.78, 5) is 0. The van der Waals surface area contributed by atoms with E-state index >= 15 is 0 Å². The van der Waals surface area contributed by atoms with E-state index in [2.05, 4.69) is 0 Å². The Kier molecular flexibility index (Phi) is 4.14. The molecule has 0 atom stereocenters. The minimum absolute atomic E-state index is 0.0938. The largest absolute Gasteiger partial charge is 0.393 e. The first-order chi connectivity index (χ1) is 4.24. The Morgan fingerprint density at radius 2 is 1.89 bits per heavy atom. The van der Waals surface area contributed by atoms with Gasteiger partial charge in [0.2, 0.25) is 0 Å². The molecule has 0 bridgehead atoms. The molecule has 0 rings (SSSR count). The summed E-state index contributed by atoms with van der Waals surface area (Å²) in [5, 5.41) is 17.2. The molecule has 0 saturated heterocycles. The van der Waals surface area contributed by atoms with Gasteiger partial charge in [0.05, 0.1) is 19.1 Å². The van der Waals surface area contributed by atoms with E-state index in [1.807, 2.05) is 0 Å². The number of ether oxygens (including phenoxy) is 1. The number of aliphatic hydroxyl groups is 2. The zero-order valence-electron chi connectivity index (χ0n) is 5.30. The molecule has 0 radical (unpaired) electrons. The van der Waals surface area contributed by atoms with Crippen LogP contribution >= 0.6 is 11.6 Å². The summed E-state index contributed by atoms with van der Waals surface area (Å²) in [6.07, 6.45) is 0. The highest BCUT2D eigenvalue weighted by Gasteiger charge is 2.26. The Hall–Kier alpha value is 0.170. The molecule has 0 spiro atoms. The SMILES string of the molecule is COC(CO)(CO)CCl. The highest BCUT2D eigenvalue weighted by atomic mass is 35.5. The van der Waals surface area contributed by atoms with Crippen LogP contribution in [-0.2, 0) is 4.74 Å². The molecule has 0 aliphatic carbocycles. The van der Waals surface area contributed by atoms with Crippen molar-refractivity contribution in [3.05, 3.63) is 0 Å². The lowest BCUT2D eigenvalue weighted by molar-refractivity contribution is -0.0687. The summed E-state index contributed by atoms with van der Waals surface area (Å²) >= 11 is 5.38. The van der Waals surface area contributed by atoms with Gasteiger partial charge in [-0.05, 0) is 0 Å². The van der Waals surface area contributed by atoms with Crippen LogP contribution in [0, 0.1) is 0 Å². The van der Waals surface area contributed by atoms with Crippen molar-refractivity contribution in [2.45, 2.75) is 5.60 Å².